The van der Waals surface area contributed by atoms with Crippen molar-refractivity contribution in [2.45, 2.75) is 63.9 Å². The van der Waals surface area contributed by atoms with E-state index in [9.17, 15) is 5.11 Å². The second-order valence-corrected chi connectivity index (χ2v) is 6.21. The first-order valence-electron chi connectivity index (χ1n) is 7.02. The van der Waals surface area contributed by atoms with Crippen LogP contribution in [0.15, 0.2) is 0 Å². The Hall–Kier alpha value is -0.0400. The van der Waals surface area contributed by atoms with E-state index in [1.165, 1.54) is 57.8 Å². The Morgan fingerprint density at radius 1 is 0.733 bits per heavy atom. The number of fused-ring (bicyclic) bond motifs is 1. The summed E-state index contributed by atoms with van der Waals surface area (Å²) in [4.78, 5) is 0. The van der Waals surface area contributed by atoms with Crippen LogP contribution in [0.1, 0.15) is 57.8 Å². The first kappa shape index (κ1) is 10.1. The second-order valence-electron chi connectivity index (χ2n) is 6.21. The summed E-state index contributed by atoms with van der Waals surface area (Å²) in [5.74, 6) is 3.36. The van der Waals surface area contributed by atoms with Gasteiger partial charge in [-0.2, -0.15) is 0 Å². The smallest absolute Gasteiger partial charge is 0.0596 e. The molecule has 15 heavy (non-hydrogen) atoms. The number of rotatable bonds is 2. The van der Waals surface area contributed by atoms with Gasteiger partial charge in [-0.3, -0.25) is 0 Å². The fourth-order valence-corrected chi connectivity index (χ4v) is 4.04. The Bertz CT molecular complexity index is 221. The van der Waals surface area contributed by atoms with E-state index in [4.69, 9.17) is 0 Å². The zero-order chi connectivity index (χ0) is 10.3. The maximum atomic E-state index is 10.2. The summed E-state index contributed by atoms with van der Waals surface area (Å²) in [6.45, 7) is 0. The minimum atomic E-state index is 0.0628. The molecule has 1 N–H and O–H groups in total. The zero-order valence-electron chi connectivity index (χ0n) is 9.70. The number of aliphatic hydroxyl groups is 1. The highest BCUT2D eigenvalue weighted by Gasteiger charge is 2.40. The Morgan fingerprint density at radius 2 is 1.40 bits per heavy atom. The van der Waals surface area contributed by atoms with E-state index in [0.29, 0.717) is 11.8 Å². The van der Waals surface area contributed by atoms with Crippen LogP contribution in [0.2, 0.25) is 0 Å². The number of aliphatic hydroxyl groups excluding tert-OH is 1. The quantitative estimate of drug-likeness (QED) is 0.737. The van der Waals surface area contributed by atoms with Crippen molar-refractivity contribution in [2.24, 2.45) is 23.7 Å². The van der Waals surface area contributed by atoms with Gasteiger partial charge in [0.2, 0.25) is 0 Å². The normalized spacial score (nSPS) is 43.4. The van der Waals surface area contributed by atoms with Crippen LogP contribution < -0.4 is 0 Å². The molecule has 4 atom stereocenters. The molecular formula is C14H24O. The lowest BCUT2D eigenvalue weighted by atomic mass is 9.66. The SMILES string of the molecule is OC(C1CC1)C1CCC2CCCCC2C1. The van der Waals surface area contributed by atoms with Gasteiger partial charge in [0.1, 0.15) is 0 Å². The van der Waals surface area contributed by atoms with Crippen LogP contribution in [-0.4, -0.2) is 11.2 Å². The molecule has 0 spiro atoms. The summed E-state index contributed by atoms with van der Waals surface area (Å²) in [6, 6.07) is 0. The Balaban J connectivity index is 1.59. The van der Waals surface area contributed by atoms with Gasteiger partial charge >= 0.3 is 0 Å². The van der Waals surface area contributed by atoms with E-state index in [2.05, 4.69) is 0 Å². The highest BCUT2D eigenvalue weighted by Crippen LogP contribution is 2.47. The maximum absolute atomic E-state index is 10.2. The van der Waals surface area contributed by atoms with Gasteiger partial charge in [-0.15, -0.1) is 0 Å². The van der Waals surface area contributed by atoms with Gasteiger partial charge in [0.25, 0.3) is 0 Å². The lowest BCUT2D eigenvalue weighted by Gasteiger charge is -2.40. The van der Waals surface area contributed by atoms with Crippen molar-refractivity contribution >= 4 is 0 Å². The molecule has 0 bridgehead atoms. The molecule has 0 amide bonds. The third kappa shape index (κ3) is 2.08. The van der Waals surface area contributed by atoms with E-state index < -0.39 is 0 Å². The molecule has 3 rings (SSSR count). The van der Waals surface area contributed by atoms with Gasteiger partial charge in [-0.1, -0.05) is 25.7 Å². The first-order valence-corrected chi connectivity index (χ1v) is 7.02. The van der Waals surface area contributed by atoms with Crippen LogP contribution in [0.3, 0.4) is 0 Å². The van der Waals surface area contributed by atoms with Crippen LogP contribution in [0, 0.1) is 23.7 Å². The first-order chi connectivity index (χ1) is 7.34. The molecule has 3 aliphatic rings. The Morgan fingerprint density at radius 3 is 2.13 bits per heavy atom. The summed E-state index contributed by atoms with van der Waals surface area (Å²) in [5.41, 5.74) is 0. The summed E-state index contributed by atoms with van der Waals surface area (Å²) in [5, 5.41) is 10.2. The van der Waals surface area contributed by atoms with Gasteiger partial charge in [-0.05, 0) is 55.8 Å². The average molecular weight is 208 g/mol. The molecule has 4 unspecified atom stereocenters. The van der Waals surface area contributed by atoms with Crippen molar-refractivity contribution in [2.75, 3.05) is 0 Å². The van der Waals surface area contributed by atoms with Crippen molar-refractivity contribution in [1.82, 2.24) is 0 Å². The molecule has 0 aromatic rings. The fraction of sp³-hybridized carbons (Fsp3) is 1.00. The monoisotopic (exact) mass is 208 g/mol. The third-order valence-corrected chi connectivity index (χ3v) is 5.17. The predicted molar refractivity (Wildman–Crippen MR) is 61.5 cm³/mol. The van der Waals surface area contributed by atoms with E-state index >= 15 is 0 Å². The summed E-state index contributed by atoms with van der Waals surface area (Å²) in [6.07, 6.45) is 12.6. The summed E-state index contributed by atoms with van der Waals surface area (Å²) >= 11 is 0. The minimum absolute atomic E-state index is 0.0628. The number of hydrogen-bond donors (Lipinski definition) is 1. The summed E-state index contributed by atoms with van der Waals surface area (Å²) < 4.78 is 0. The van der Waals surface area contributed by atoms with Gasteiger partial charge in [0, 0.05) is 0 Å². The maximum Gasteiger partial charge on any atom is 0.0596 e. The predicted octanol–water partition coefficient (Wildman–Crippen LogP) is 3.36. The Kier molecular flexibility index (Phi) is 2.76. The molecule has 0 aromatic carbocycles. The van der Waals surface area contributed by atoms with Crippen LogP contribution >= 0.6 is 0 Å². The van der Waals surface area contributed by atoms with Gasteiger partial charge in [0.15, 0.2) is 0 Å². The lowest BCUT2D eigenvalue weighted by Crippen LogP contribution is -2.34. The van der Waals surface area contributed by atoms with Gasteiger partial charge < -0.3 is 5.11 Å². The molecule has 1 nitrogen and oxygen atoms in total. The molecule has 0 saturated heterocycles. The van der Waals surface area contributed by atoms with Crippen LogP contribution in [0.25, 0.3) is 0 Å². The molecule has 3 saturated carbocycles. The molecule has 3 aliphatic carbocycles. The molecule has 1 heteroatoms. The molecule has 3 fully saturated rings. The third-order valence-electron chi connectivity index (χ3n) is 5.17. The Labute approximate surface area is 93.3 Å². The van der Waals surface area contributed by atoms with Crippen LogP contribution in [0.5, 0.6) is 0 Å². The largest absolute Gasteiger partial charge is 0.393 e. The molecule has 0 aromatic heterocycles. The second kappa shape index (κ2) is 4.08. The topological polar surface area (TPSA) is 20.2 Å². The van der Waals surface area contributed by atoms with Crippen molar-refractivity contribution in [3.8, 4) is 0 Å². The highest BCUT2D eigenvalue weighted by molar-refractivity contribution is 4.91. The van der Waals surface area contributed by atoms with Crippen molar-refractivity contribution in [3.05, 3.63) is 0 Å². The van der Waals surface area contributed by atoms with E-state index in [-0.39, 0.29) is 6.10 Å². The van der Waals surface area contributed by atoms with Crippen molar-refractivity contribution in [3.63, 3.8) is 0 Å². The van der Waals surface area contributed by atoms with Crippen molar-refractivity contribution in [1.29, 1.82) is 0 Å². The van der Waals surface area contributed by atoms with Crippen molar-refractivity contribution < 1.29 is 5.11 Å². The van der Waals surface area contributed by atoms with Crippen LogP contribution in [-0.2, 0) is 0 Å². The lowest BCUT2D eigenvalue weighted by molar-refractivity contribution is 0.0235. The zero-order valence-corrected chi connectivity index (χ0v) is 9.70. The standard InChI is InChI=1S/C14H24O/c15-14(11-6-7-11)13-8-5-10-3-1-2-4-12(10)9-13/h10-15H,1-9H2. The van der Waals surface area contributed by atoms with E-state index in [1.54, 1.807) is 0 Å². The number of hydrogen-bond acceptors (Lipinski definition) is 1. The molecule has 0 radical (unpaired) electrons. The molecule has 0 aliphatic heterocycles. The van der Waals surface area contributed by atoms with Gasteiger partial charge in [0.05, 0.1) is 6.10 Å². The van der Waals surface area contributed by atoms with E-state index in [1.807, 2.05) is 0 Å². The molecule has 0 heterocycles. The average Bonchev–Trinajstić information content (AvgIpc) is 3.11. The fourth-order valence-electron chi connectivity index (χ4n) is 4.04. The molecular weight excluding hydrogens is 184 g/mol. The van der Waals surface area contributed by atoms with Gasteiger partial charge in [-0.25, -0.2) is 0 Å². The summed E-state index contributed by atoms with van der Waals surface area (Å²) in [7, 11) is 0. The van der Waals surface area contributed by atoms with Crippen LogP contribution in [0.4, 0.5) is 0 Å². The highest BCUT2D eigenvalue weighted by atomic mass is 16.3. The van der Waals surface area contributed by atoms with E-state index in [0.717, 1.165) is 11.8 Å². The minimum Gasteiger partial charge on any atom is -0.393 e. The molecule has 86 valence electrons.